The largest absolute Gasteiger partial charge is 0.504 e. The second-order valence-corrected chi connectivity index (χ2v) is 6.88. The number of phenolic OH excluding ortho intramolecular Hbond substituents is 1. The molecule has 0 aliphatic heterocycles. The first-order valence-electron chi connectivity index (χ1n) is 9.63. The summed E-state index contributed by atoms with van der Waals surface area (Å²) in [5.74, 6) is 0.250. The smallest absolute Gasteiger partial charge is 0.235 e. The molecule has 4 rings (SSSR count). The van der Waals surface area contributed by atoms with Gasteiger partial charge in [0.25, 0.3) is 0 Å². The fourth-order valence-electron chi connectivity index (χ4n) is 3.41. The molecule has 1 amide bonds. The van der Waals surface area contributed by atoms with E-state index in [9.17, 15) is 9.90 Å². The number of anilines is 2. The van der Waals surface area contributed by atoms with E-state index in [4.69, 9.17) is 4.74 Å². The highest BCUT2D eigenvalue weighted by molar-refractivity contribution is 6.02. The van der Waals surface area contributed by atoms with Gasteiger partial charge in [0.2, 0.25) is 5.91 Å². The van der Waals surface area contributed by atoms with Gasteiger partial charge in [0.05, 0.1) is 19.2 Å². The van der Waals surface area contributed by atoms with Gasteiger partial charge in [-0.2, -0.15) is 0 Å². The molecule has 0 aliphatic rings. The number of aromatic amines is 1. The maximum absolute atomic E-state index is 13.4. The van der Waals surface area contributed by atoms with E-state index in [1.807, 2.05) is 72.9 Å². The second-order valence-electron chi connectivity index (χ2n) is 6.88. The van der Waals surface area contributed by atoms with Crippen molar-refractivity contribution in [3.63, 3.8) is 0 Å². The lowest BCUT2D eigenvalue weighted by Crippen LogP contribution is -2.27. The van der Waals surface area contributed by atoms with Gasteiger partial charge in [-0.1, -0.05) is 42.5 Å². The highest BCUT2D eigenvalue weighted by Gasteiger charge is 2.20. The van der Waals surface area contributed by atoms with E-state index in [0.29, 0.717) is 11.4 Å². The van der Waals surface area contributed by atoms with Gasteiger partial charge >= 0.3 is 0 Å². The molecule has 0 fully saturated rings. The number of carbonyl (C=O) groups excluding carboxylic acids is 1. The highest BCUT2D eigenvalue weighted by atomic mass is 16.5. The summed E-state index contributed by atoms with van der Waals surface area (Å²) in [6.07, 6.45) is 2.11. The Morgan fingerprint density at radius 3 is 2.47 bits per heavy atom. The molecule has 0 radical (unpaired) electrons. The first-order valence-corrected chi connectivity index (χ1v) is 9.63. The minimum Gasteiger partial charge on any atom is -0.504 e. The van der Waals surface area contributed by atoms with Crippen molar-refractivity contribution < 1.29 is 14.6 Å². The van der Waals surface area contributed by atoms with Crippen molar-refractivity contribution in [3.05, 3.63) is 96.7 Å². The molecule has 30 heavy (non-hydrogen) atoms. The van der Waals surface area contributed by atoms with Crippen molar-refractivity contribution in [2.75, 3.05) is 12.0 Å². The predicted molar refractivity (Wildman–Crippen MR) is 118 cm³/mol. The highest BCUT2D eigenvalue weighted by Crippen LogP contribution is 2.35. The number of H-pyrrole nitrogens is 1. The molecule has 3 aromatic carbocycles. The maximum atomic E-state index is 13.4. The fourth-order valence-corrected chi connectivity index (χ4v) is 3.41. The number of phenols is 1. The van der Waals surface area contributed by atoms with Crippen molar-refractivity contribution in [3.8, 4) is 22.8 Å². The van der Waals surface area contributed by atoms with Crippen LogP contribution in [0.15, 0.2) is 91.1 Å². The van der Waals surface area contributed by atoms with Crippen molar-refractivity contribution in [2.24, 2.45) is 0 Å². The zero-order valence-corrected chi connectivity index (χ0v) is 16.6. The van der Waals surface area contributed by atoms with Gasteiger partial charge in [-0.25, -0.2) is 0 Å². The number of hydrogen-bond acceptors (Lipinski definition) is 3. The summed E-state index contributed by atoms with van der Waals surface area (Å²) >= 11 is 0. The number of ether oxygens (including phenoxy) is 1. The first kappa shape index (κ1) is 19.3. The predicted octanol–water partition coefficient (Wildman–Crippen LogP) is 5.30. The third-order valence-electron chi connectivity index (χ3n) is 4.88. The van der Waals surface area contributed by atoms with Crippen LogP contribution in [0.1, 0.15) is 5.56 Å². The van der Waals surface area contributed by atoms with E-state index in [2.05, 4.69) is 4.98 Å². The van der Waals surface area contributed by atoms with Crippen LogP contribution in [-0.2, 0) is 11.2 Å². The molecule has 2 N–H and O–H groups in total. The first-order chi connectivity index (χ1) is 14.7. The molecule has 5 nitrogen and oxygen atoms in total. The van der Waals surface area contributed by atoms with Crippen LogP contribution in [0, 0.1) is 0 Å². The average Bonchev–Trinajstić information content (AvgIpc) is 3.31. The van der Waals surface area contributed by atoms with E-state index < -0.39 is 0 Å². The number of benzene rings is 3. The molecule has 0 spiro atoms. The Hall–Kier alpha value is -3.99. The summed E-state index contributed by atoms with van der Waals surface area (Å²) < 4.78 is 5.26. The molecule has 0 bridgehead atoms. The summed E-state index contributed by atoms with van der Waals surface area (Å²) in [5, 5.41) is 10.00. The number of rotatable bonds is 6. The van der Waals surface area contributed by atoms with Gasteiger partial charge in [0, 0.05) is 23.6 Å². The maximum Gasteiger partial charge on any atom is 0.235 e. The van der Waals surface area contributed by atoms with Gasteiger partial charge in [0.1, 0.15) is 0 Å². The number of methoxy groups -OCH3 is 1. The Kier molecular flexibility index (Phi) is 5.52. The number of amides is 1. The Morgan fingerprint density at radius 1 is 0.933 bits per heavy atom. The molecule has 0 atom stereocenters. The van der Waals surface area contributed by atoms with Crippen LogP contribution in [-0.4, -0.2) is 23.1 Å². The van der Waals surface area contributed by atoms with Crippen LogP contribution in [0.5, 0.6) is 11.5 Å². The van der Waals surface area contributed by atoms with Crippen LogP contribution in [0.4, 0.5) is 11.4 Å². The summed E-state index contributed by atoms with van der Waals surface area (Å²) in [5.41, 5.74) is 4.22. The van der Waals surface area contributed by atoms with Crippen molar-refractivity contribution in [1.29, 1.82) is 0 Å². The van der Waals surface area contributed by atoms with Crippen LogP contribution in [0.2, 0.25) is 0 Å². The lowest BCUT2D eigenvalue weighted by atomic mass is 10.1. The van der Waals surface area contributed by atoms with Crippen LogP contribution < -0.4 is 9.64 Å². The fraction of sp³-hybridized carbons (Fsp3) is 0.0800. The average molecular weight is 398 g/mol. The lowest BCUT2D eigenvalue weighted by Gasteiger charge is -2.24. The van der Waals surface area contributed by atoms with Gasteiger partial charge in [-0.05, 0) is 47.5 Å². The van der Waals surface area contributed by atoms with Crippen molar-refractivity contribution >= 4 is 17.3 Å². The lowest BCUT2D eigenvalue weighted by molar-refractivity contribution is -0.117. The quantitative estimate of drug-likeness (QED) is 0.463. The zero-order chi connectivity index (χ0) is 20.9. The van der Waals surface area contributed by atoms with Gasteiger partial charge in [-0.3, -0.25) is 9.69 Å². The van der Waals surface area contributed by atoms with Crippen molar-refractivity contribution in [2.45, 2.75) is 6.42 Å². The molecule has 0 saturated carbocycles. The van der Waals surface area contributed by atoms with Gasteiger partial charge < -0.3 is 14.8 Å². The minimum atomic E-state index is -0.0856. The normalized spacial score (nSPS) is 10.6. The SMILES string of the molecule is COc1cc(N(C(=O)Cc2ccccc2)c2cccc(-c3ccc[nH]3)c2)ccc1O. The van der Waals surface area contributed by atoms with Gasteiger partial charge in [-0.15, -0.1) is 0 Å². The molecule has 0 unspecified atom stereocenters. The molecule has 1 heterocycles. The summed E-state index contributed by atoms with van der Waals surface area (Å²) in [6, 6.07) is 26.2. The number of carbonyl (C=O) groups is 1. The standard InChI is InChI=1S/C25H22N2O3/c1-30-24-17-21(12-13-23(24)28)27(25(29)15-18-7-3-2-4-8-18)20-10-5-9-19(16-20)22-11-6-14-26-22/h2-14,16-17,26,28H,15H2,1H3. The summed E-state index contributed by atoms with van der Waals surface area (Å²) in [4.78, 5) is 18.3. The Bertz CT molecular complexity index is 1140. The number of aromatic nitrogens is 1. The second kappa shape index (κ2) is 8.57. The Labute approximate surface area is 175 Å². The summed E-state index contributed by atoms with van der Waals surface area (Å²) in [7, 11) is 1.49. The van der Waals surface area contributed by atoms with E-state index in [-0.39, 0.29) is 18.1 Å². The molecule has 150 valence electrons. The van der Waals surface area contributed by atoms with Crippen LogP contribution in [0.25, 0.3) is 11.3 Å². The molecule has 0 aliphatic carbocycles. The molecule has 1 aromatic heterocycles. The van der Waals surface area contributed by atoms with Crippen LogP contribution in [0.3, 0.4) is 0 Å². The van der Waals surface area contributed by atoms with Gasteiger partial charge in [0.15, 0.2) is 11.5 Å². The third kappa shape index (κ3) is 4.05. The number of hydrogen-bond donors (Lipinski definition) is 2. The third-order valence-corrected chi connectivity index (χ3v) is 4.88. The Balaban J connectivity index is 1.77. The zero-order valence-electron chi connectivity index (χ0n) is 16.6. The number of nitrogens with zero attached hydrogens (tertiary/aromatic N) is 1. The van der Waals surface area contributed by atoms with E-state index in [1.165, 1.54) is 13.2 Å². The monoisotopic (exact) mass is 398 g/mol. The molecule has 5 heteroatoms. The number of nitrogens with one attached hydrogen (secondary N) is 1. The van der Waals surface area contributed by atoms with Crippen molar-refractivity contribution in [1.82, 2.24) is 4.98 Å². The molecule has 0 saturated heterocycles. The van der Waals surface area contributed by atoms with E-state index >= 15 is 0 Å². The van der Waals surface area contributed by atoms with E-state index in [1.54, 1.807) is 17.0 Å². The molecular weight excluding hydrogens is 376 g/mol. The topological polar surface area (TPSA) is 65.6 Å². The minimum absolute atomic E-state index is 0.0249. The van der Waals surface area contributed by atoms with Crippen LogP contribution >= 0.6 is 0 Å². The molecule has 4 aromatic rings. The summed E-state index contributed by atoms with van der Waals surface area (Å²) in [6.45, 7) is 0. The van der Waals surface area contributed by atoms with E-state index in [0.717, 1.165) is 22.5 Å². The Morgan fingerprint density at radius 2 is 1.73 bits per heavy atom. The number of aromatic hydroxyl groups is 1. The molecular formula is C25H22N2O3.